The van der Waals surface area contributed by atoms with Crippen LogP contribution in [0.25, 0.3) is 0 Å². The van der Waals surface area contributed by atoms with Gasteiger partial charge in [0.15, 0.2) is 9.84 Å². The van der Waals surface area contributed by atoms with Crippen molar-refractivity contribution in [3.05, 3.63) is 10.1 Å². The van der Waals surface area contributed by atoms with Gasteiger partial charge >= 0.3 is 0 Å². The van der Waals surface area contributed by atoms with Gasteiger partial charge in [-0.15, -0.1) is 5.34 Å². The van der Waals surface area contributed by atoms with Crippen LogP contribution in [0.15, 0.2) is 5.34 Å². The van der Waals surface area contributed by atoms with Gasteiger partial charge in [0.25, 0.3) is 0 Å². The molecule has 0 bridgehead atoms. The Morgan fingerprint density at radius 2 is 1.24 bits per heavy atom. The SMILES string of the molecule is CCCCCCCCCCCC[N+]1(CC)CCS(=O)(=O)CC1.O=N[O-]. The maximum Gasteiger partial charge on any atom is 0.161 e. The average molecular weight is 379 g/mol. The molecule has 1 rings (SSSR count). The summed E-state index contributed by atoms with van der Waals surface area (Å²) in [5.74, 6) is 0.803. The molecule has 0 N–H and O–H groups in total. The summed E-state index contributed by atoms with van der Waals surface area (Å²) in [5.41, 5.74) is 0. The topological polar surface area (TPSA) is 86.6 Å². The molecule has 6 nitrogen and oxygen atoms in total. The molecule has 0 aromatic rings. The minimum atomic E-state index is -2.73. The van der Waals surface area contributed by atoms with Gasteiger partial charge in [-0.2, -0.15) is 0 Å². The second kappa shape index (κ2) is 14.5. The highest BCUT2D eigenvalue weighted by atomic mass is 32.2. The lowest BCUT2D eigenvalue weighted by molar-refractivity contribution is -0.923. The van der Waals surface area contributed by atoms with Gasteiger partial charge in [-0.3, -0.25) is 0 Å². The number of nitrogens with zero attached hydrogens (tertiary/aromatic N) is 2. The van der Waals surface area contributed by atoms with E-state index in [0.29, 0.717) is 11.5 Å². The fourth-order valence-electron chi connectivity index (χ4n) is 3.51. The second-order valence-electron chi connectivity index (χ2n) is 7.24. The quantitative estimate of drug-likeness (QED) is 0.218. The molecule has 1 fully saturated rings. The van der Waals surface area contributed by atoms with Crippen molar-refractivity contribution in [1.29, 1.82) is 0 Å². The monoisotopic (exact) mass is 378 g/mol. The number of hydrogen-bond acceptors (Lipinski definition) is 5. The largest absolute Gasteiger partial charge is 0.444 e. The molecule has 0 spiro atoms. The van der Waals surface area contributed by atoms with Crippen molar-refractivity contribution in [2.75, 3.05) is 37.7 Å². The zero-order valence-electron chi connectivity index (χ0n) is 16.2. The molecule has 1 aliphatic rings. The van der Waals surface area contributed by atoms with Crippen molar-refractivity contribution in [2.24, 2.45) is 5.34 Å². The molecule has 1 heterocycles. The third kappa shape index (κ3) is 12.3. The van der Waals surface area contributed by atoms with E-state index >= 15 is 0 Å². The molecule has 0 amide bonds. The minimum absolute atomic E-state index is 0.401. The van der Waals surface area contributed by atoms with E-state index in [9.17, 15) is 8.42 Å². The first kappa shape index (κ1) is 24.3. The van der Waals surface area contributed by atoms with Crippen LogP contribution in [-0.2, 0) is 9.84 Å². The van der Waals surface area contributed by atoms with E-state index < -0.39 is 9.84 Å². The van der Waals surface area contributed by atoms with Crippen LogP contribution in [0.2, 0.25) is 0 Å². The minimum Gasteiger partial charge on any atom is -0.444 e. The fraction of sp³-hybridized carbons (Fsp3) is 1.00. The Morgan fingerprint density at radius 1 is 0.840 bits per heavy atom. The molecule has 0 atom stereocenters. The lowest BCUT2D eigenvalue weighted by Gasteiger charge is -2.40. The highest BCUT2D eigenvalue weighted by Crippen LogP contribution is 2.17. The molecule has 0 aliphatic carbocycles. The van der Waals surface area contributed by atoms with Crippen molar-refractivity contribution in [3.63, 3.8) is 0 Å². The van der Waals surface area contributed by atoms with Gasteiger partial charge in [0.05, 0.1) is 37.7 Å². The Kier molecular flexibility index (Phi) is 14.1. The van der Waals surface area contributed by atoms with Gasteiger partial charge in [-0.05, 0) is 19.8 Å². The summed E-state index contributed by atoms with van der Waals surface area (Å²) in [7, 11) is -2.73. The predicted octanol–water partition coefficient (Wildman–Crippen LogP) is 4.42. The summed E-state index contributed by atoms with van der Waals surface area (Å²) in [5, 5.41) is 9.00. The molecule has 0 aromatic heterocycles. The van der Waals surface area contributed by atoms with Gasteiger partial charge in [0, 0.05) is 0 Å². The summed E-state index contributed by atoms with van der Waals surface area (Å²) in [6.45, 7) is 8.44. The van der Waals surface area contributed by atoms with Crippen molar-refractivity contribution < 1.29 is 12.9 Å². The molecule has 0 saturated carbocycles. The van der Waals surface area contributed by atoms with E-state index in [1.54, 1.807) is 0 Å². The Balaban J connectivity index is 0.00000178. The summed E-state index contributed by atoms with van der Waals surface area (Å²) in [6, 6.07) is 0. The van der Waals surface area contributed by atoms with E-state index in [1.165, 1.54) is 70.8 Å². The third-order valence-corrected chi connectivity index (χ3v) is 7.02. The zero-order valence-corrected chi connectivity index (χ0v) is 17.1. The second-order valence-corrected chi connectivity index (χ2v) is 9.54. The van der Waals surface area contributed by atoms with Gasteiger partial charge in [0.1, 0.15) is 0 Å². The Morgan fingerprint density at radius 3 is 1.64 bits per heavy atom. The first-order valence-electron chi connectivity index (χ1n) is 9.95. The lowest BCUT2D eigenvalue weighted by atomic mass is 10.1. The predicted molar refractivity (Wildman–Crippen MR) is 105 cm³/mol. The zero-order chi connectivity index (χ0) is 19.0. The number of rotatable bonds is 12. The van der Waals surface area contributed by atoms with Crippen LogP contribution in [-0.4, -0.2) is 50.6 Å². The molecule has 150 valence electrons. The van der Waals surface area contributed by atoms with Gasteiger partial charge in [-0.1, -0.05) is 58.3 Å². The van der Waals surface area contributed by atoms with E-state index in [1.807, 2.05) is 0 Å². The molecule has 1 saturated heterocycles. The van der Waals surface area contributed by atoms with Crippen LogP contribution in [0.3, 0.4) is 0 Å². The fourth-order valence-corrected chi connectivity index (χ4v) is 5.05. The van der Waals surface area contributed by atoms with Crippen molar-refractivity contribution in [2.45, 2.75) is 78.1 Å². The standard InChI is InChI=1S/C18H38NO2S.HNO2/c1-3-5-6-7-8-9-10-11-12-13-14-19(4-2)15-17-22(20,21)18-16-19;2-1-3/h3-18H2,1-2H3;(H,2,3)/q+1;/p-1. The van der Waals surface area contributed by atoms with Crippen LogP contribution >= 0.6 is 0 Å². The maximum absolute atomic E-state index is 11.6. The summed E-state index contributed by atoms with van der Waals surface area (Å²) in [4.78, 5) is 8.00. The van der Waals surface area contributed by atoms with Crippen LogP contribution in [0, 0.1) is 10.1 Å². The normalized spacial score (nSPS) is 18.2. The van der Waals surface area contributed by atoms with E-state index in [0.717, 1.165) is 29.5 Å². The number of quaternary nitrogens is 1. The van der Waals surface area contributed by atoms with E-state index in [-0.39, 0.29) is 0 Å². The van der Waals surface area contributed by atoms with Crippen molar-refractivity contribution in [3.8, 4) is 0 Å². The Bertz CT molecular complexity index is 413. The molecule has 0 aromatic carbocycles. The molecule has 1 aliphatic heterocycles. The smallest absolute Gasteiger partial charge is 0.161 e. The van der Waals surface area contributed by atoms with E-state index in [2.05, 4.69) is 13.8 Å². The number of unbranched alkanes of at least 4 members (excludes halogenated alkanes) is 9. The maximum atomic E-state index is 11.6. The molecule has 0 radical (unpaired) electrons. The van der Waals surface area contributed by atoms with Gasteiger partial charge in [0.2, 0.25) is 0 Å². The van der Waals surface area contributed by atoms with Crippen LogP contribution in [0.1, 0.15) is 78.1 Å². The first-order valence-corrected chi connectivity index (χ1v) is 11.8. The first-order chi connectivity index (χ1) is 11.9. The molecule has 7 heteroatoms. The van der Waals surface area contributed by atoms with Crippen molar-refractivity contribution in [1.82, 2.24) is 0 Å². The van der Waals surface area contributed by atoms with Crippen LogP contribution in [0.4, 0.5) is 0 Å². The summed E-state index contributed by atoms with van der Waals surface area (Å²) < 4.78 is 24.2. The van der Waals surface area contributed by atoms with Gasteiger partial charge < -0.3 is 14.6 Å². The van der Waals surface area contributed by atoms with E-state index in [4.69, 9.17) is 10.1 Å². The summed E-state index contributed by atoms with van der Waals surface area (Å²) >= 11 is 0. The average Bonchev–Trinajstić information content (AvgIpc) is 2.59. The lowest BCUT2D eigenvalue weighted by Crippen LogP contribution is -2.57. The highest BCUT2D eigenvalue weighted by molar-refractivity contribution is 7.91. The summed E-state index contributed by atoms with van der Waals surface area (Å²) in [6.07, 6.45) is 13.7. The Hall–Kier alpha value is -0.690. The van der Waals surface area contributed by atoms with Crippen LogP contribution < -0.4 is 0 Å². The highest BCUT2D eigenvalue weighted by Gasteiger charge is 2.34. The third-order valence-electron chi connectivity index (χ3n) is 5.41. The molecular formula is C18H38N2O4S. The molecular weight excluding hydrogens is 340 g/mol. The number of sulfone groups is 1. The molecule has 0 unspecified atom stereocenters. The van der Waals surface area contributed by atoms with Crippen molar-refractivity contribution >= 4 is 9.84 Å². The number of hydrogen-bond donors (Lipinski definition) is 0. The van der Waals surface area contributed by atoms with Crippen LogP contribution in [0.5, 0.6) is 0 Å². The van der Waals surface area contributed by atoms with Gasteiger partial charge in [-0.25, -0.2) is 8.42 Å². The Labute approximate surface area is 154 Å². The molecule has 25 heavy (non-hydrogen) atoms.